The molecule has 0 spiro atoms. The van der Waals surface area contributed by atoms with Gasteiger partial charge < -0.3 is 4.74 Å². The zero-order valence-electron chi connectivity index (χ0n) is 9.23. The van der Waals surface area contributed by atoms with Crippen molar-refractivity contribution in [1.82, 2.24) is 4.98 Å². The van der Waals surface area contributed by atoms with E-state index in [9.17, 15) is 0 Å². The van der Waals surface area contributed by atoms with E-state index in [1.54, 1.807) is 30.5 Å². The van der Waals surface area contributed by atoms with Crippen LogP contribution in [0.5, 0.6) is 5.75 Å². The first-order valence-electron chi connectivity index (χ1n) is 5.12. The first-order valence-corrected chi connectivity index (χ1v) is 6.29. The largest absolute Gasteiger partial charge is 0.488 e. The van der Waals surface area contributed by atoms with Gasteiger partial charge in [0.05, 0.1) is 4.47 Å². The lowest BCUT2D eigenvalue weighted by Gasteiger charge is -2.08. The molecule has 2 rings (SSSR count). The lowest BCUT2D eigenvalue weighted by molar-refractivity contribution is 0.304. The van der Waals surface area contributed by atoms with Gasteiger partial charge in [0.15, 0.2) is 0 Å². The summed E-state index contributed by atoms with van der Waals surface area (Å²) in [6, 6.07) is 10.8. The highest BCUT2D eigenvalue weighted by Crippen LogP contribution is 2.28. The number of ether oxygens (including phenoxy) is 1. The second-order valence-corrected chi connectivity index (χ2v) is 4.82. The molecular formula is C13H8BrClN2O. The van der Waals surface area contributed by atoms with Crippen LogP contribution in [0.15, 0.2) is 41.0 Å². The quantitative estimate of drug-likeness (QED) is 0.859. The van der Waals surface area contributed by atoms with Gasteiger partial charge in [-0.25, -0.2) is 4.98 Å². The van der Waals surface area contributed by atoms with Crippen molar-refractivity contribution in [2.45, 2.75) is 6.61 Å². The minimum atomic E-state index is 0.372. The average molecular weight is 324 g/mol. The Bertz CT molecular complexity index is 610. The summed E-state index contributed by atoms with van der Waals surface area (Å²) in [6.45, 7) is 0.372. The maximum Gasteiger partial charge on any atom is 0.140 e. The highest BCUT2D eigenvalue weighted by Gasteiger charge is 2.03. The summed E-state index contributed by atoms with van der Waals surface area (Å²) in [7, 11) is 0. The van der Waals surface area contributed by atoms with Crippen LogP contribution in [0.2, 0.25) is 5.02 Å². The van der Waals surface area contributed by atoms with Gasteiger partial charge in [0.1, 0.15) is 24.1 Å². The minimum absolute atomic E-state index is 0.372. The molecule has 0 aliphatic carbocycles. The molecule has 0 fully saturated rings. The van der Waals surface area contributed by atoms with Gasteiger partial charge in [0.25, 0.3) is 0 Å². The molecule has 0 unspecified atom stereocenters. The molecule has 0 amide bonds. The SMILES string of the molecule is N#Cc1cc(COc2ccc(Cl)cc2Br)ccn1. The monoisotopic (exact) mass is 322 g/mol. The van der Waals surface area contributed by atoms with Crippen LogP contribution in [-0.4, -0.2) is 4.98 Å². The van der Waals surface area contributed by atoms with Crippen molar-refractivity contribution in [1.29, 1.82) is 5.26 Å². The van der Waals surface area contributed by atoms with Gasteiger partial charge in [0, 0.05) is 11.2 Å². The Kier molecular flexibility index (Phi) is 4.19. The van der Waals surface area contributed by atoms with E-state index in [4.69, 9.17) is 21.6 Å². The Labute approximate surface area is 118 Å². The molecule has 0 radical (unpaired) electrons. The van der Waals surface area contributed by atoms with Gasteiger partial charge in [-0.15, -0.1) is 0 Å². The third-order valence-corrected chi connectivity index (χ3v) is 3.08. The normalized spacial score (nSPS) is 9.83. The zero-order valence-corrected chi connectivity index (χ0v) is 11.6. The van der Waals surface area contributed by atoms with E-state index in [1.807, 2.05) is 12.1 Å². The molecule has 0 bridgehead atoms. The van der Waals surface area contributed by atoms with Crippen molar-refractivity contribution >= 4 is 27.5 Å². The van der Waals surface area contributed by atoms with Gasteiger partial charge in [-0.2, -0.15) is 5.26 Å². The van der Waals surface area contributed by atoms with Crippen LogP contribution in [0, 0.1) is 11.3 Å². The molecule has 18 heavy (non-hydrogen) atoms. The molecule has 0 saturated heterocycles. The molecule has 0 aliphatic rings. The molecule has 5 heteroatoms. The molecule has 0 N–H and O–H groups in total. The van der Waals surface area contributed by atoms with Crippen LogP contribution in [0.4, 0.5) is 0 Å². The summed E-state index contributed by atoms with van der Waals surface area (Å²) in [4.78, 5) is 3.90. The molecule has 0 atom stereocenters. The Morgan fingerprint density at radius 1 is 1.33 bits per heavy atom. The summed E-state index contributed by atoms with van der Waals surface area (Å²) in [6.07, 6.45) is 1.59. The maximum atomic E-state index is 8.75. The molecular weight excluding hydrogens is 316 g/mol. The number of rotatable bonds is 3. The first-order chi connectivity index (χ1) is 8.69. The van der Waals surface area contributed by atoms with Crippen molar-refractivity contribution in [3.8, 4) is 11.8 Å². The average Bonchev–Trinajstić information content (AvgIpc) is 2.38. The summed E-state index contributed by atoms with van der Waals surface area (Å²) in [5.74, 6) is 0.703. The van der Waals surface area contributed by atoms with Crippen LogP contribution < -0.4 is 4.74 Å². The number of nitrogens with zero attached hydrogens (tertiary/aromatic N) is 2. The number of nitriles is 1. The molecule has 90 valence electrons. The third kappa shape index (κ3) is 3.22. The third-order valence-electron chi connectivity index (χ3n) is 2.23. The van der Waals surface area contributed by atoms with Crippen LogP contribution in [0.1, 0.15) is 11.3 Å². The van der Waals surface area contributed by atoms with Crippen LogP contribution in [0.3, 0.4) is 0 Å². The lowest BCUT2D eigenvalue weighted by Crippen LogP contribution is -1.97. The predicted molar refractivity (Wildman–Crippen MR) is 72.4 cm³/mol. The van der Waals surface area contributed by atoms with E-state index in [-0.39, 0.29) is 0 Å². The number of aromatic nitrogens is 1. The van der Waals surface area contributed by atoms with Gasteiger partial charge in [-0.3, -0.25) is 0 Å². The second kappa shape index (κ2) is 5.85. The van der Waals surface area contributed by atoms with E-state index in [0.29, 0.717) is 23.1 Å². The van der Waals surface area contributed by atoms with Crippen molar-refractivity contribution in [2.75, 3.05) is 0 Å². The molecule has 1 aromatic carbocycles. The fourth-order valence-corrected chi connectivity index (χ4v) is 2.18. The topological polar surface area (TPSA) is 45.9 Å². The van der Waals surface area contributed by atoms with E-state index in [2.05, 4.69) is 20.9 Å². The summed E-state index contributed by atoms with van der Waals surface area (Å²) in [5, 5.41) is 9.39. The Balaban J connectivity index is 2.09. The van der Waals surface area contributed by atoms with Crippen molar-refractivity contribution < 1.29 is 4.74 Å². The number of pyridine rings is 1. The highest BCUT2D eigenvalue weighted by atomic mass is 79.9. The first kappa shape index (κ1) is 12.9. The number of hydrogen-bond acceptors (Lipinski definition) is 3. The number of hydrogen-bond donors (Lipinski definition) is 0. The van der Waals surface area contributed by atoms with Crippen LogP contribution in [-0.2, 0) is 6.61 Å². The fraction of sp³-hybridized carbons (Fsp3) is 0.0769. The molecule has 2 aromatic rings. The molecule has 1 heterocycles. The van der Waals surface area contributed by atoms with Gasteiger partial charge in [0.2, 0.25) is 0 Å². The summed E-state index contributed by atoms with van der Waals surface area (Å²) < 4.78 is 6.43. The zero-order chi connectivity index (χ0) is 13.0. The minimum Gasteiger partial charge on any atom is -0.488 e. The van der Waals surface area contributed by atoms with Crippen LogP contribution in [0.25, 0.3) is 0 Å². The molecule has 0 saturated carbocycles. The summed E-state index contributed by atoms with van der Waals surface area (Å²) >= 11 is 9.22. The van der Waals surface area contributed by atoms with Gasteiger partial charge in [-0.1, -0.05) is 11.6 Å². The fourth-order valence-electron chi connectivity index (χ4n) is 1.38. The van der Waals surface area contributed by atoms with E-state index in [1.165, 1.54) is 0 Å². The van der Waals surface area contributed by atoms with Gasteiger partial charge in [-0.05, 0) is 51.8 Å². The van der Waals surface area contributed by atoms with E-state index >= 15 is 0 Å². The van der Waals surface area contributed by atoms with Crippen molar-refractivity contribution in [3.63, 3.8) is 0 Å². The molecule has 1 aromatic heterocycles. The molecule has 0 aliphatic heterocycles. The van der Waals surface area contributed by atoms with Crippen molar-refractivity contribution in [3.05, 3.63) is 57.3 Å². The Morgan fingerprint density at radius 3 is 2.89 bits per heavy atom. The highest BCUT2D eigenvalue weighted by molar-refractivity contribution is 9.10. The summed E-state index contributed by atoms with van der Waals surface area (Å²) in [5.41, 5.74) is 1.27. The number of benzene rings is 1. The molecule has 3 nitrogen and oxygen atoms in total. The standard InChI is InChI=1S/C13H8BrClN2O/c14-12-6-10(15)1-2-13(12)18-8-9-3-4-17-11(5-9)7-16/h1-6H,8H2. The predicted octanol–water partition coefficient (Wildman–Crippen LogP) is 3.95. The Hall–Kier alpha value is -1.57. The Morgan fingerprint density at radius 2 is 2.17 bits per heavy atom. The van der Waals surface area contributed by atoms with Crippen molar-refractivity contribution in [2.24, 2.45) is 0 Å². The smallest absolute Gasteiger partial charge is 0.140 e. The second-order valence-electron chi connectivity index (χ2n) is 3.52. The van der Waals surface area contributed by atoms with Crippen LogP contribution >= 0.6 is 27.5 Å². The van der Waals surface area contributed by atoms with Gasteiger partial charge >= 0.3 is 0 Å². The lowest BCUT2D eigenvalue weighted by atomic mass is 10.2. The van der Waals surface area contributed by atoms with E-state index in [0.717, 1.165) is 10.0 Å². The number of halogens is 2. The maximum absolute atomic E-state index is 8.75. The van der Waals surface area contributed by atoms with E-state index < -0.39 is 0 Å².